The summed E-state index contributed by atoms with van der Waals surface area (Å²) in [7, 11) is 0. The van der Waals surface area contributed by atoms with E-state index >= 15 is 0 Å². The number of thioether (sulfide) groups is 1. The second-order valence-corrected chi connectivity index (χ2v) is 6.23. The SMILES string of the molecule is O=C(Nc1ccc(OC(F)(F)F)cc1)c1cccnc1SCCC(F)=C(F)F. The van der Waals surface area contributed by atoms with Gasteiger partial charge in [0, 0.05) is 24.1 Å². The summed E-state index contributed by atoms with van der Waals surface area (Å²) in [5.41, 5.74) is 0.307. The third-order valence-corrected chi connectivity index (χ3v) is 4.13. The second kappa shape index (κ2) is 9.49. The number of anilines is 1. The summed E-state index contributed by atoms with van der Waals surface area (Å²) in [6, 6.07) is 7.39. The van der Waals surface area contributed by atoms with Crippen LogP contribution in [0, 0.1) is 0 Å². The van der Waals surface area contributed by atoms with Crippen molar-refractivity contribution in [3.05, 3.63) is 60.1 Å². The van der Waals surface area contributed by atoms with Gasteiger partial charge in [-0.3, -0.25) is 4.79 Å². The fourth-order valence-electron chi connectivity index (χ4n) is 1.95. The van der Waals surface area contributed by atoms with Crippen molar-refractivity contribution in [2.75, 3.05) is 11.1 Å². The topological polar surface area (TPSA) is 51.2 Å². The number of pyridine rings is 1. The van der Waals surface area contributed by atoms with Gasteiger partial charge >= 0.3 is 12.4 Å². The number of allylic oxidation sites excluding steroid dienone is 1. The van der Waals surface area contributed by atoms with Crippen molar-refractivity contribution in [3.8, 4) is 5.75 Å². The molecule has 2 rings (SSSR count). The normalized spacial score (nSPS) is 11.1. The molecule has 0 bridgehead atoms. The summed E-state index contributed by atoms with van der Waals surface area (Å²) in [6.07, 6.45) is -6.36. The minimum Gasteiger partial charge on any atom is -0.406 e. The summed E-state index contributed by atoms with van der Waals surface area (Å²) < 4.78 is 77.1. The maximum Gasteiger partial charge on any atom is 0.573 e. The fraction of sp³-hybridized carbons (Fsp3) is 0.176. The van der Waals surface area contributed by atoms with Gasteiger partial charge in [-0.15, -0.1) is 24.9 Å². The molecular formula is C17H12F6N2O2S. The third-order valence-electron chi connectivity index (χ3n) is 3.13. The smallest absolute Gasteiger partial charge is 0.406 e. The molecule has 1 heterocycles. The van der Waals surface area contributed by atoms with E-state index in [1.165, 1.54) is 30.5 Å². The van der Waals surface area contributed by atoms with Gasteiger partial charge in [-0.2, -0.15) is 8.78 Å². The molecule has 0 atom stereocenters. The molecular weight excluding hydrogens is 410 g/mol. The number of nitrogens with one attached hydrogen (secondary N) is 1. The minimum absolute atomic E-state index is 0.0655. The van der Waals surface area contributed by atoms with E-state index in [0.29, 0.717) is 0 Å². The highest BCUT2D eigenvalue weighted by molar-refractivity contribution is 7.99. The number of rotatable bonds is 7. The predicted molar refractivity (Wildman–Crippen MR) is 91.0 cm³/mol. The van der Waals surface area contributed by atoms with Crippen molar-refractivity contribution in [2.45, 2.75) is 17.8 Å². The van der Waals surface area contributed by atoms with Crippen molar-refractivity contribution in [1.29, 1.82) is 0 Å². The van der Waals surface area contributed by atoms with E-state index in [1.807, 2.05) is 0 Å². The lowest BCUT2D eigenvalue weighted by Gasteiger charge is -2.11. The van der Waals surface area contributed by atoms with Gasteiger partial charge in [0.1, 0.15) is 10.8 Å². The van der Waals surface area contributed by atoms with Crippen LogP contribution in [0.3, 0.4) is 0 Å². The van der Waals surface area contributed by atoms with Crippen LogP contribution in [0.1, 0.15) is 16.8 Å². The predicted octanol–water partition coefficient (Wildman–Crippen LogP) is 5.79. The molecule has 2 aromatic rings. The van der Waals surface area contributed by atoms with E-state index < -0.39 is 36.3 Å². The van der Waals surface area contributed by atoms with Crippen molar-refractivity contribution in [1.82, 2.24) is 4.98 Å². The highest BCUT2D eigenvalue weighted by Gasteiger charge is 2.31. The first-order valence-corrected chi connectivity index (χ1v) is 8.59. The van der Waals surface area contributed by atoms with E-state index in [1.54, 1.807) is 0 Å². The summed E-state index contributed by atoms with van der Waals surface area (Å²) in [6.45, 7) is 0. The van der Waals surface area contributed by atoms with Gasteiger partial charge in [0.05, 0.1) is 5.56 Å². The number of carbonyl (C=O) groups is 1. The number of hydrogen-bond donors (Lipinski definition) is 1. The molecule has 1 aromatic carbocycles. The highest BCUT2D eigenvalue weighted by Crippen LogP contribution is 2.26. The number of carbonyl (C=O) groups excluding carboxylic acids is 1. The number of alkyl halides is 3. The molecule has 0 fully saturated rings. The molecule has 0 radical (unpaired) electrons. The molecule has 1 amide bonds. The van der Waals surface area contributed by atoms with Crippen molar-refractivity contribution in [3.63, 3.8) is 0 Å². The Morgan fingerprint density at radius 1 is 1.11 bits per heavy atom. The summed E-state index contributed by atoms with van der Waals surface area (Å²) in [4.78, 5) is 16.3. The molecule has 1 aromatic heterocycles. The molecule has 0 saturated heterocycles. The van der Waals surface area contributed by atoms with Gasteiger partial charge in [-0.05, 0) is 36.4 Å². The lowest BCUT2D eigenvalue weighted by molar-refractivity contribution is -0.274. The molecule has 0 aliphatic heterocycles. The fourth-order valence-corrected chi connectivity index (χ4v) is 2.88. The van der Waals surface area contributed by atoms with Crippen molar-refractivity contribution in [2.24, 2.45) is 0 Å². The quantitative estimate of drug-likeness (QED) is 0.453. The second-order valence-electron chi connectivity index (χ2n) is 5.15. The van der Waals surface area contributed by atoms with Crippen molar-refractivity contribution >= 4 is 23.4 Å². The Hall–Kier alpha value is -2.69. The van der Waals surface area contributed by atoms with E-state index in [9.17, 15) is 31.1 Å². The standard InChI is InChI=1S/C17H12F6N2O2S/c18-13(14(19)20)7-9-28-16-12(2-1-8-24-16)15(26)25-10-3-5-11(6-4-10)27-17(21,22)23/h1-6,8H,7,9H2,(H,25,26). The summed E-state index contributed by atoms with van der Waals surface area (Å²) in [5, 5.41) is 2.67. The zero-order chi connectivity index (χ0) is 20.7. The zero-order valence-corrected chi connectivity index (χ0v) is 14.7. The Balaban J connectivity index is 2.03. The van der Waals surface area contributed by atoms with Gasteiger partial charge < -0.3 is 10.1 Å². The first-order valence-electron chi connectivity index (χ1n) is 7.60. The Labute approximate surface area is 159 Å². The van der Waals surface area contributed by atoms with Crippen LogP contribution in [0.2, 0.25) is 0 Å². The molecule has 0 aliphatic rings. The summed E-state index contributed by atoms with van der Waals surface area (Å²) >= 11 is 0.916. The number of amides is 1. The van der Waals surface area contributed by atoms with Crippen LogP contribution in [0.5, 0.6) is 5.75 Å². The number of hydrogen-bond acceptors (Lipinski definition) is 4. The first-order chi connectivity index (χ1) is 13.2. The number of ether oxygens (including phenoxy) is 1. The first kappa shape index (κ1) is 21.6. The highest BCUT2D eigenvalue weighted by atomic mass is 32.2. The van der Waals surface area contributed by atoms with Crippen LogP contribution < -0.4 is 10.1 Å². The van der Waals surface area contributed by atoms with Gasteiger partial charge in [-0.1, -0.05) is 0 Å². The van der Waals surface area contributed by atoms with E-state index in [4.69, 9.17) is 0 Å². The Morgan fingerprint density at radius 3 is 2.39 bits per heavy atom. The van der Waals surface area contributed by atoms with Crippen LogP contribution >= 0.6 is 11.8 Å². The zero-order valence-electron chi connectivity index (χ0n) is 13.9. The Bertz CT molecular complexity index is 851. The molecule has 28 heavy (non-hydrogen) atoms. The lowest BCUT2D eigenvalue weighted by Crippen LogP contribution is -2.17. The van der Waals surface area contributed by atoms with E-state index in [0.717, 1.165) is 23.9 Å². The molecule has 0 saturated carbocycles. The van der Waals surface area contributed by atoms with Crippen LogP contribution in [0.4, 0.5) is 32.0 Å². The molecule has 0 spiro atoms. The number of halogens is 6. The van der Waals surface area contributed by atoms with Crippen LogP contribution in [-0.4, -0.2) is 23.0 Å². The number of benzene rings is 1. The number of aromatic nitrogens is 1. The van der Waals surface area contributed by atoms with Gasteiger partial charge in [0.2, 0.25) is 0 Å². The molecule has 11 heteroatoms. The van der Waals surface area contributed by atoms with Gasteiger partial charge in [-0.25, -0.2) is 9.37 Å². The molecule has 1 N–H and O–H groups in total. The van der Waals surface area contributed by atoms with Crippen molar-refractivity contribution < 1.29 is 35.9 Å². The molecule has 150 valence electrons. The lowest BCUT2D eigenvalue weighted by atomic mass is 10.2. The van der Waals surface area contributed by atoms with Crippen LogP contribution in [-0.2, 0) is 0 Å². The van der Waals surface area contributed by atoms with Gasteiger partial charge in [0.25, 0.3) is 5.91 Å². The molecule has 4 nitrogen and oxygen atoms in total. The maximum absolute atomic E-state index is 12.8. The number of nitrogens with zero attached hydrogens (tertiary/aromatic N) is 1. The molecule has 0 aliphatic carbocycles. The average molecular weight is 422 g/mol. The molecule has 0 unspecified atom stereocenters. The van der Waals surface area contributed by atoms with E-state index in [-0.39, 0.29) is 22.0 Å². The van der Waals surface area contributed by atoms with E-state index in [2.05, 4.69) is 15.0 Å². The van der Waals surface area contributed by atoms with Gasteiger partial charge in [0.15, 0.2) is 5.83 Å². The van der Waals surface area contributed by atoms with Crippen LogP contribution in [0.25, 0.3) is 0 Å². The monoisotopic (exact) mass is 422 g/mol. The third kappa shape index (κ3) is 6.80. The Kier molecular flexibility index (Phi) is 7.32. The summed E-state index contributed by atoms with van der Waals surface area (Å²) in [5.74, 6) is -2.66. The largest absolute Gasteiger partial charge is 0.573 e. The van der Waals surface area contributed by atoms with Crippen LogP contribution in [0.15, 0.2) is 59.5 Å². The Morgan fingerprint density at radius 2 is 1.79 bits per heavy atom. The maximum atomic E-state index is 12.8. The average Bonchev–Trinajstić information content (AvgIpc) is 2.62. The minimum atomic E-state index is -4.83.